The fourth-order valence-electron chi connectivity index (χ4n) is 1.40. The van der Waals surface area contributed by atoms with Gasteiger partial charge in [0, 0.05) is 0 Å². The summed E-state index contributed by atoms with van der Waals surface area (Å²) in [6, 6.07) is 7.32. The molecule has 4 nitrogen and oxygen atoms in total. The number of hydrogen-bond donors (Lipinski definition) is 2. The van der Waals surface area contributed by atoms with Crippen LogP contribution < -0.4 is 28.2 Å². The summed E-state index contributed by atoms with van der Waals surface area (Å²) in [4.78, 5) is 11.8. The maximum absolute atomic E-state index is 11.8. The molecule has 1 rings (SSSR count). The van der Waals surface area contributed by atoms with Gasteiger partial charge in [-0.25, -0.2) is 0 Å². The highest BCUT2D eigenvalue weighted by Gasteiger charge is 2.10. The Balaban J connectivity index is 0.00000289. The van der Waals surface area contributed by atoms with E-state index in [9.17, 15) is 4.79 Å². The Labute approximate surface area is 114 Å². The van der Waals surface area contributed by atoms with Gasteiger partial charge in [0.2, 0.25) is 0 Å². The predicted octanol–water partition coefficient (Wildman–Crippen LogP) is -2.16. The lowest BCUT2D eigenvalue weighted by atomic mass is 10.2. The summed E-state index contributed by atoms with van der Waals surface area (Å²) in [5.74, 6) is 0.559. The lowest BCUT2D eigenvalue weighted by Gasteiger charge is -2.10. The van der Waals surface area contributed by atoms with E-state index in [4.69, 9.17) is 4.74 Å². The number of carbonyl (C=O) groups is 1. The minimum absolute atomic E-state index is 0. The molecule has 0 fully saturated rings. The molecule has 4 N–H and O–H groups in total. The number of rotatable bonds is 7. The highest BCUT2D eigenvalue weighted by Crippen LogP contribution is 2.18. The van der Waals surface area contributed by atoms with Crippen LogP contribution in [0, 0.1) is 0 Å². The van der Waals surface area contributed by atoms with E-state index in [1.54, 1.807) is 6.07 Å². The largest absolute Gasteiger partial charge is 1.00 e. The number of amides is 1. The molecule has 1 aromatic carbocycles. The molecule has 0 unspecified atom stereocenters. The first-order valence-corrected chi connectivity index (χ1v) is 6.08. The zero-order valence-electron chi connectivity index (χ0n) is 10.7. The third kappa shape index (κ3) is 5.38. The first kappa shape index (κ1) is 16.7. The van der Waals surface area contributed by atoms with E-state index in [0.29, 0.717) is 31.0 Å². The Morgan fingerprint density at radius 1 is 1.39 bits per heavy atom. The summed E-state index contributed by atoms with van der Waals surface area (Å²) in [5.41, 5.74) is 4.28. The maximum Gasteiger partial charge on any atom is 0.255 e. The third-order valence-corrected chi connectivity index (χ3v) is 2.35. The van der Waals surface area contributed by atoms with Crippen LogP contribution in [0.3, 0.4) is 0 Å². The standard InChI is InChI=1S/C13H20N2O2.ClH/c1-2-3-10-17-12-7-5-4-6-11(12)13(16)15-9-8-14;/h4-7H,2-3,8-10,14H2,1H3,(H,15,16);1H. The van der Waals surface area contributed by atoms with Gasteiger partial charge in [0.1, 0.15) is 5.75 Å². The molecular weight excluding hydrogens is 252 g/mol. The molecule has 5 heteroatoms. The van der Waals surface area contributed by atoms with Crippen molar-refractivity contribution in [1.29, 1.82) is 0 Å². The van der Waals surface area contributed by atoms with E-state index < -0.39 is 0 Å². The van der Waals surface area contributed by atoms with Crippen molar-refractivity contribution in [1.82, 2.24) is 5.32 Å². The molecule has 0 saturated carbocycles. The van der Waals surface area contributed by atoms with Gasteiger partial charge in [0.15, 0.2) is 0 Å². The van der Waals surface area contributed by atoms with E-state index in [1.807, 2.05) is 18.2 Å². The van der Waals surface area contributed by atoms with Crippen molar-refractivity contribution < 1.29 is 27.7 Å². The Morgan fingerprint density at radius 3 is 2.78 bits per heavy atom. The van der Waals surface area contributed by atoms with Crippen molar-refractivity contribution in [2.75, 3.05) is 19.7 Å². The predicted molar refractivity (Wildman–Crippen MR) is 66.9 cm³/mol. The van der Waals surface area contributed by atoms with Gasteiger partial charge in [0.05, 0.1) is 25.3 Å². The summed E-state index contributed by atoms with van der Waals surface area (Å²) >= 11 is 0. The van der Waals surface area contributed by atoms with Crippen molar-refractivity contribution >= 4 is 5.91 Å². The quantitative estimate of drug-likeness (QED) is 0.556. The lowest BCUT2D eigenvalue weighted by Crippen LogP contribution is -3.00. The van der Waals surface area contributed by atoms with Crippen molar-refractivity contribution in [2.24, 2.45) is 0 Å². The zero-order valence-corrected chi connectivity index (χ0v) is 11.5. The molecule has 1 amide bonds. The second kappa shape index (κ2) is 9.74. The average molecular weight is 273 g/mol. The van der Waals surface area contributed by atoms with Crippen molar-refractivity contribution in [3.05, 3.63) is 29.8 Å². The zero-order chi connectivity index (χ0) is 12.5. The molecule has 102 valence electrons. The Morgan fingerprint density at radius 2 is 2.11 bits per heavy atom. The molecule has 0 radical (unpaired) electrons. The molecule has 0 spiro atoms. The van der Waals surface area contributed by atoms with Crippen molar-refractivity contribution in [3.63, 3.8) is 0 Å². The third-order valence-electron chi connectivity index (χ3n) is 2.35. The first-order valence-electron chi connectivity index (χ1n) is 6.08. The molecule has 18 heavy (non-hydrogen) atoms. The van der Waals surface area contributed by atoms with Crippen molar-refractivity contribution in [3.8, 4) is 5.75 Å². The number of quaternary nitrogens is 1. The summed E-state index contributed by atoms with van der Waals surface area (Å²) in [6.07, 6.45) is 2.07. The van der Waals surface area contributed by atoms with Crippen molar-refractivity contribution in [2.45, 2.75) is 19.8 Å². The van der Waals surface area contributed by atoms with Gasteiger partial charge in [-0.15, -0.1) is 0 Å². The summed E-state index contributed by atoms with van der Waals surface area (Å²) in [6.45, 7) is 4.03. The van der Waals surface area contributed by atoms with Crippen LogP contribution in [0.2, 0.25) is 0 Å². The number of unbranched alkanes of at least 4 members (excludes halogenated alkanes) is 1. The smallest absolute Gasteiger partial charge is 0.255 e. The SMILES string of the molecule is CCCCOc1ccccc1C(=O)NCC[NH3+].[Cl-]. The van der Waals surface area contributed by atoms with Gasteiger partial charge < -0.3 is 28.2 Å². The monoisotopic (exact) mass is 272 g/mol. The number of benzene rings is 1. The van der Waals surface area contributed by atoms with Crippen LogP contribution >= 0.6 is 0 Å². The normalized spacial score (nSPS) is 9.44. The molecule has 1 aromatic rings. The fourth-order valence-corrected chi connectivity index (χ4v) is 1.40. The van der Waals surface area contributed by atoms with Gasteiger partial charge in [-0.1, -0.05) is 25.5 Å². The highest BCUT2D eigenvalue weighted by molar-refractivity contribution is 5.96. The molecule has 0 heterocycles. The number of ether oxygens (including phenoxy) is 1. The molecular formula is C13H21ClN2O2. The minimum Gasteiger partial charge on any atom is -1.00 e. The van der Waals surface area contributed by atoms with Gasteiger partial charge in [-0.2, -0.15) is 0 Å². The fraction of sp³-hybridized carbons (Fsp3) is 0.462. The summed E-state index contributed by atoms with van der Waals surface area (Å²) in [7, 11) is 0. The molecule has 0 saturated heterocycles. The minimum atomic E-state index is -0.0965. The Hall–Kier alpha value is -1.26. The van der Waals surface area contributed by atoms with Gasteiger partial charge in [0.25, 0.3) is 5.91 Å². The highest BCUT2D eigenvalue weighted by atomic mass is 35.5. The van der Waals surface area contributed by atoms with E-state index >= 15 is 0 Å². The topological polar surface area (TPSA) is 66.0 Å². The number of carbonyl (C=O) groups excluding carboxylic acids is 1. The van der Waals surface area contributed by atoms with Crippen LogP contribution in [-0.4, -0.2) is 25.6 Å². The molecule has 0 aromatic heterocycles. The Kier molecular flexibility index (Phi) is 9.06. The number of halogens is 1. The van der Waals surface area contributed by atoms with Gasteiger partial charge >= 0.3 is 0 Å². The molecule has 0 aliphatic rings. The van der Waals surface area contributed by atoms with Crippen LogP contribution in [0.15, 0.2) is 24.3 Å². The van der Waals surface area contributed by atoms with E-state index in [-0.39, 0.29) is 18.3 Å². The molecule has 0 aliphatic carbocycles. The number of para-hydroxylation sites is 1. The van der Waals surface area contributed by atoms with Crippen LogP contribution in [0.4, 0.5) is 0 Å². The van der Waals surface area contributed by atoms with Gasteiger partial charge in [-0.3, -0.25) is 4.79 Å². The van der Waals surface area contributed by atoms with E-state index in [0.717, 1.165) is 12.8 Å². The summed E-state index contributed by atoms with van der Waals surface area (Å²) in [5, 5.41) is 2.80. The first-order chi connectivity index (χ1) is 8.29. The lowest BCUT2D eigenvalue weighted by molar-refractivity contribution is -0.364. The maximum atomic E-state index is 11.8. The van der Waals surface area contributed by atoms with Crippen LogP contribution in [0.1, 0.15) is 30.1 Å². The molecule has 0 bridgehead atoms. The number of hydrogen-bond acceptors (Lipinski definition) is 2. The Bertz CT molecular complexity index is 359. The van der Waals surface area contributed by atoms with E-state index in [1.165, 1.54) is 0 Å². The van der Waals surface area contributed by atoms with E-state index in [2.05, 4.69) is 18.0 Å². The van der Waals surface area contributed by atoms with Crippen LogP contribution in [0.25, 0.3) is 0 Å². The second-order valence-electron chi connectivity index (χ2n) is 3.81. The number of nitrogens with one attached hydrogen (secondary N) is 1. The van der Waals surface area contributed by atoms with Crippen LogP contribution in [-0.2, 0) is 0 Å². The summed E-state index contributed by atoms with van der Waals surface area (Å²) < 4.78 is 5.60. The second-order valence-corrected chi connectivity index (χ2v) is 3.81. The van der Waals surface area contributed by atoms with Gasteiger partial charge in [-0.05, 0) is 18.6 Å². The van der Waals surface area contributed by atoms with Crippen LogP contribution in [0.5, 0.6) is 5.75 Å². The molecule has 0 aliphatic heterocycles. The average Bonchev–Trinajstić information content (AvgIpc) is 2.37. The molecule has 0 atom stereocenters.